The predicted octanol–water partition coefficient (Wildman–Crippen LogP) is 8.21. The maximum Gasteiger partial charge on any atom is 0.262 e. The molecule has 0 saturated heterocycles. The Labute approximate surface area is 268 Å². The van der Waals surface area contributed by atoms with Gasteiger partial charge in [-0.25, -0.2) is 8.42 Å². The predicted molar refractivity (Wildman–Crippen MR) is 180 cm³/mol. The van der Waals surface area contributed by atoms with Crippen LogP contribution in [0.4, 0.5) is 17.1 Å². The van der Waals surface area contributed by atoms with E-state index in [2.05, 4.69) is 9.62 Å². The number of halogens is 1. The van der Waals surface area contributed by atoms with Crippen LogP contribution in [0, 0.1) is 6.92 Å². The van der Waals surface area contributed by atoms with Gasteiger partial charge in [0, 0.05) is 22.9 Å². The molecule has 1 amide bonds. The highest BCUT2D eigenvalue weighted by Gasteiger charge is 2.40. The zero-order valence-corrected chi connectivity index (χ0v) is 26.4. The number of sulfonamides is 1. The van der Waals surface area contributed by atoms with E-state index in [1.165, 1.54) is 6.07 Å². The van der Waals surface area contributed by atoms with Gasteiger partial charge in [0.25, 0.3) is 15.9 Å². The van der Waals surface area contributed by atoms with E-state index in [1.54, 1.807) is 41.3 Å². The van der Waals surface area contributed by atoms with E-state index in [0.717, 1.165) is 16.7 Å². The molecule has 45 heavy (non-hydrogen) atoms. The van der Waals surface area contributed by atoms with Crippen molar-refractivity contribution < 1.29 is 17.9 Å². The van der Waals surface area contributed by atoms with Crippen molar-refractivity contribution in [1.82, 2.24) is 0 Å². The Morgan fingerprint density at radius 3 is 2.20 bits per heavy atom. The van der Waals surface area contributed by atoms with Gasteiger partial charge in [-0.3, -0.25) is 14.4 Å². The Morgan fingerprint density at radius 1 is 0.844 bits per heavy atom. The summed E-state index contributed by atoms with van der Waals surface area (Å²) in [6.45, 7) is 4.85. The highest BCUT2D eigenvalue weighted by molar-refractivity contribution is 7.92. The lowest BCUT2D eigenvalue weighted by Gasteiger charge is -2.46. The average Bonchev–Trinajstić information content (AvgIpc) is 3.04. The number of rotatable bonds is 9. The van der Waals surface area contributed by atoms with E-state index in [1.807, 2.05) is 92.7 Å². The summed E-state index contributed by atoms with van der Waals surface area (Å²) in [5, 5.41) is 0.590. The van der Waals surface area contributed by atoms with Crippen molar-refractivity contribution in [2.75, 3.05) is 21.1 Å². The standard InChI is InChI=1S/C36H32ClN3O4S/c1-3-44-31-19-15-29(16-20-31)38-45(42,43)32-21-22-34-33(23-32)36(41)40(30-17-9-25(2)10-18-30)35(27-11-13-28(37)14-12-27)39(34)24-26-7-5-4-6-8-26/h4-23,35,38H,3,24H2,1-2H3/t35-/m1/s1. The summed E-state index contributed by atoms with van der Waals surface area (Å²) in [5.41, 5.74) is 4.95. The Bertz CT molecular complexity index is 1920. The molecular formula is C36H32ClN3O4S. The van der Waals surface area contributed by atoms with Gasteiger partial charge in [0.2, 0.25) is 0 Å². The lowest BCUT2D eigenvalue weighted by atomic mass is 9.99. The molecule has 0 aliphatic carbocycles. The van der Waals surface area contributed by atoms with Crippen molar-refractivity contribution in [3.05, 3.63) is 149 Å². The smallest absolute Gasteiger partial charge is 0.262 e. The average molecular weight is 638 g/mol. The number of anilines is 3. The van der Waals surface area contributed by atoms with Crippen LogP contribution in [0.15, 0.2) is 126 Å². The first-order valence-corrected chi connectivity index (χ1v) is 16.5. The number of aryl methyl sites for hydroxylation is 1. The van der Waals surface area contributed by atoms with Crippen LogP contribution in [0.25, 0.3) is 0 Å². The molecule has 7 nitrogen and oxygen atoms in total. The zero-order valence-electron chi connectivity index (χ0n) is 24.9. The third-order valence-corrected chi connectivity index (χ3v) is 9.30. The molecule has 5 aromatic rings. The van der Waals surface area contributed by atoms with Gasteiger partial charge in [0.15, 0.2) is 0 Å². The van der Waals surface area contributed by atoms with Crippen LogP contribution in [0.1, 0.15) is 40.1 Å². The van der Waals surface area contributed by atoms with Crippen molar-refractivity contribution in [2.45, 2.75) is 31.5 Å². The fourth-order valence-electron chi connectivity index (χ4n) is 5.50. The SMILES string of the molecule is CCOc1ccc(NS(=O)(=O)c2ccc3c(c2)C(=O)N(c2ccc(C)cc2)[C@H](c2ccc(Cl)cc2)N3Cc2ccccc2)cc1. The van der Waals surface area contributed by atoms with Crippen LogP contribution in [0.2, 0.25) is 5.02 Å². The van der Waals surface area contributed by atoms with E-state index >= 15 is 0 Å². The maximum atomic E-state index is 14.5. The van der Waals surface area contributed by atoms with Crippen molar-refractivity contribution in [3.63, 3.8) is 0 Å². The van der Waals surface area contributed by atoms with Crippen LogP contribution in [-0.4, -0.2) is 20.9 Å². The van der Waals surface area contributed by atoms with Crippen molar-refractivity contribution in [1.29, 1.82) is 0 Å². The molecule has 1 aliphatic heterocycles. The molecule has 0 radical (unpaired) electrons. The summed E-state index contributed by atoms with van der Waals surface area (Å²) >= 11 is 6.27. The molecule has 1 N–H and O–H groups in total. The number of benzene rings is 5. The second kappa shape index (κ2) is 12.7. The number of hydrogen-bond donors (Lipinski definition) is 1. The zero-order chi connectivity index (χ0) is 31.6. The number of hydrogen-bond acceptors (Lipinski definition) is 5. The van der Waals surface area contributed by atoms with Gasteiger partial charge in [-0.1, -0.05) is 71.8 Å². The number of carbonyl (C=O) groups is 1. The Hall–Kier alpha value is -4.79. The van der Waals surface area contributed by atoms with E-state index in [4.69, 9.17) is 16.3 Å². The van der Waals surface area contributed by atoms with Crippen molar-refractivity contribution >= 4 is 44.6 Å². The van der Waals surface area contributed by atoms with Crippen molar-refractivity contribution in [2.24, 2.45) is 0 Å². The van der Waals surface area contributed by atoms with Crippen LogP contribution >= 0.6 is 11.6 Å². The first-order valence-electron chi connectivity index (χ1n) is 14.6. The molecule has 228 valence electrons. The fourth-order valence-corrected chi connectivity index (χ4v) is 6.71. The number of carbonyl (C=O) groups excluding carboxylic acids is 1. The molecule has 9 heteroatoms. The molecule has 0 spiro atoms. The molecule has 5 aromatic carbocycles. The highest BCUT2D eigenvalue weighted by Crippen LogP contribution is 2.43. The van der Waals surface area contributed by atoms with Crippen LogP contribution in [0.3, 0.4) is 0 Å². The summed E-state index contributed by atoms with van der Waals surface area (Å²) in [7, 11) is -4.02. The summed E-state index contributed by atoms with van der Waals surface area (Å²) in [6.07, 6.45) is -0.533. The maximum absolute atomic E-state index is 14.5. The lowest BCUT2D eigenvalue weighted by Crippen LogP contribution is -2.49. The number of ether oxygens (including phenoxy) is 1. The van der Waals surface area contributed by atoms with Gasteiger partial charge in [-0.2, -0.15) is 0 Å². The number of nitrogens with zero attached hydrogens (tertiary/aromatic N) is 2. The van der Waals surface area contributed by atoms with Gasteiger partial charge in [-0.05, 0) is 91.7 Å². The number of nitrogens with one attached hydrogen (secondary N) is 1. The molecule has 1 atom stereocenters. The molecule has 6 rings (SSSR count). The fraction of sp³-hybridized carbons (Fsp3) is 0.139. The molecule has 0 aromatic heterocycles. The molecular weight excluding hydrogens is 606 g/mol. The number of fused-ring (bicyclic) bond motifs is 1. The second-order valence-corrected chi connectivity index (χ2v) is 12.9. The Morgan fingerprint density at radius 2 is 1.53 bits per heavy atom. The van der Waals surface area contributed by atoms with Gasteiger partial charge in [-0.15, -0.1) is 0 Å². The minimum absolute atomic E-state index is 0.0167. The van der Waals surface area contributed by atoms with E-state index < -0.39 is 16.2 Å². The van der Waals surface area contributed by atoms with Crippen LogP contribution in [0.5, 0.6) is 5.75 Å². The first-order chi connectivity index (χ1) is 21.7. The summed E-state index contributed by atoms with van der Waals surface area (Å²) < 4.78 is 35.3. The largest absolute Gasteiger partial charge is 0.494 e. The number of amides is 1. The van der Waals surface area contributed by atoms with Crippen molar-refractivity contribution in [3.8, 4) is 5.75 Å². The molecule has 1 aliphatic rings. The quantitative estimate of drug-likeness (QED) is 0.176. The Balaban J connectivity index is 1.48. The van der Waals surface area contributed by atoms with E-state index in [9.17, 15) is 13.2 Å². The molecule has 1 heterocycles. The van der Waals surface area contributed by atoms with E-state index in [-0.39, 0.29) is 16.4 Å². The topological polar surface area (TPSA) is 78.9 Å². The molecule has 0 bridgehead atoms. The third kappa shape index (κ3) is 6.38. The molecule has 0 fully saturated rings. The van der Waals surface area contributed by atoms with Gasteiger partial charge < -0.3 is 9.64 Å². The highest BCUT2D eigenvalue weighted by atomic mass is 35.5. The lowest BCUT2D eigenvalue weighted by molar-refractivity contribution is 0.0968. The normalized spacial score (nSPS) is 14.6. The summed E-state index contributed by atoms with van der Waals surface area (Å²) in [4.78, 5) is 18.4. The second-order valence-electron chi connectivity index (χ2n) is 10.8. The summed E-state index contributed by atoms with van der Waals surface area (Å²) in [6, 6.07) is 36.6. The minimum Gasteiger partial charge on any atom is -0.494 e. The minimum atomic E-state index is -4.02. The monoisotopic (exact) mass is 637 g/mol. The summed E-state index contributed by atoms with van der Waals surface area (Å²) in [5.74, 6) is 0.334. The Kier molecular flexibility index (Phi) is 8.52. The van der Waals surface area contributed by atoms with Gasteiger partial charge in [0.1, 0.15) is 11.9 Å². The van der Waals surface area contributed by atoms with E-state index in [0.29, 0.717) is 41.0 Å². The van der Waals surface area contributed by atoms with Crippen LogP contribution < -0.4 is 19.3 Å². The van der Waals surface area contributed by atoms with Gasteiger partial charge in [0.05, 0.1) is 22.8 Å². The van der Waals surface area contributed by atoms with Crippen LogP contribution in [-0.2, 0) is 16.6 Å². The third-order valence-electron chi connectivity index (χ3n) is 7.67. The van der Waals surface area contributed by atoms with Gasteiger partial charge >= 0.3 is 0 Å². The molecule has 0 unspecified atom stereocenters. The first kappa shape index (κ1) is 30.2. The molecule has 0 saturated carbocycles.